The standard InChI is InChI=1S/C13H20O2/c1-5-6-7-12(10-11(2)3)8-9-13(14)15-4/h5-6,8-9,12H,2,7,10H2,1,3-4H3. The summed E-state index contributed by atoms with van der Waals surface area (Å²) in [5, 5.41) is 0. The van der Waals surface area contributed by atoms with E-state index < -0.39 is 0 Å². The number of methoxy groups -OCH3 is 1. The molecule has 2 heteroatoms. The van der Waals surface area contributed by atoms with E-state index in [0.717, 1.165) is 18.4 Å². The van der Waals surface area contributed by atoms with Crippen molar-refractivity contribution in [3.8, 4) is 0 Å². The van der Waals surface area contributed by atoms with Crippen LogP contribution >= 0.6 is 0 Å². The first-order chi connectivity index (χ1) is 7.10. The molecule has 0 aliphatic carbocycles. The van der Waals surface area contributed by atoms with Crippen LogP contribution in [0.5, 0.6) is 0 Å². The van der Waals surface area contributed by atoms with Crippen molar-refractivity contribution >= 4 is 5.97 Å². The molecular formula is C13H20O2. The minimum Gasteiger partial charge on any atom is -0.466 e. The minimum atomic E-state index is -0.304. The Bertz CT molecular complexity index is 262. The van der Waals surface area contributed by atoms with Crippen molar-refractivity contribution in [2.24, 2.45) is 5.92 Å². The Morgan fingerprint density at radius 3 is 2.67 bits per heavy atom. The van der Waals surface area contributed by atoms with Crippen LogP contribution in [0.4, 0.5) is 0 Å². The van der Waals surface area contributed by atoms with E-state index in [9.17, 15) is 4.79 Å². The number of ether oxygens (including phenoxy) is 1. The maximum atomic E-state index is 10.9. The summed E-state index contributed by atoms with van der Waals surface area (Å²) in [4.78, 5) is 10.9. The third-order valence-electron chi connectivity index (χ3n) is 1.99. The molecule has 0 saturated heterocycles. The second-order valence-electron chi connectivity index (χ2n) is 3.61. The average molecular weight is 208 g/mol. The van der Waals surface area contributed by atoms with Gasteiger partial charge in [-0.05, 0) is 32.6 Å². The molecule has 2 nitrogen and oxygen atoms in total. The van der Waals surface area contributed by atoms with Gasteiger partial charge in [-0.25, -0.2) is 4.79 Å². The molecule has 0 aromatic heterocycles. The van der Waals surface area contributed by atoms with E-state index in [-0.39, 0.29) is 5.97 Å². The molecule has 0 aromatic rings. The van der Waals surface area contributed by atoms with Gasteiger partial charge in [0.2, 0.25) is 0 Å². The zero-order chi connectivity index (χ0) is 11.7. The highest BCUT2D eigenvalue weighted by Crippen LogP contribution is 2.16. The Labute approximate surface area is 92.3 Å². The van der Waals surface area contributed by atoms with Crippen molar-refractivity contribution in [3.63, 3.8) is 0 Å². The number of allylic oxidation sites excluding steroid dienone is 4. The molecule has 0 aliphatic rings. The zero-order valence-corrected chi connectivity index (χ0v) is 9.82. The topological polar surface area (TPSA) is 26.3 Å². The van der Waals surface area contributed by atoms with E-state index in [1.165, 1.54) is 13.2 Å². The van der Waals surface area contributed by atoms with Crippen LogP contribution in [0.2, 0.25) is 0 Å². The lowest BCUT2D eigenvalue weighted by Crippen LogP contribution is -1.99. The summed E-state index contributed by atoms with van der Waals surface area (Å²) in [6.07, 6.45) is 9.30. The highest BCUT2D eigenvalue weighted by Gasteiger charge is 2.04. The van der Waals surface area contributed by atoms with E-state index in [0.29, 0.717) is 5.92 Å². The van der Waals surface area contributed by atoms with Gasteiger partial charge in [0.1, 0.15) is 0 Å². The molecule has 0 amide bonds. The van der Waals surface area contributed by atoms with Crippen LogP contribution in [0.25, 0.3) is 0 Å². The largest absolute Gasteiger partial charge is 0.466 e. The molecule has 0 N–H and O–H groups in total. The fourth-order valence-corrected chi connectivity index (χ4v) is 1.27. The average Bonchev–Trinajstić information content (AvgIpc) is 2.20. The first kappa shape index (κ1) is 13.7. The Morgan fingerprint density at radius 2 is 2.20 bits per heavy atom. The third kappa shape index (κ3) is 7.74. The van der Waals surface area contributed by atoms with Crippen molar-refractivity contribution in [2.45, 2.75) is 26.7 Å². The molecule has 0 aromatic carbocycles. The molecule has 0 rings (SSSR count). The number of hydrogen-bond donors (Lipinski definition) is 0. The normalized spacial score (nSPS) is 13.3. The lowest BCUT2D eigenvalue weighted by molar-refractivity contribution is -0.134. The third-order valence-corrected chi connectivity index (χ3v) is 1.99. The van der Waals surface area contributed by atoms with Crippen LogP contribution in [0, 0.1) is 5.92 Å². The van der Waals surface area contributed by atoms with Gasteiger partial charge in [0.25, 0.3) is 0 Å². The second-order valence-corrected chi connectivity index (χ2v) is 3.61. The Balaban J connectivity index is 4.28. The molecule has 84 valence electrons. The van der Waals surface area contributed by atoms with Crippen LogP contribution in [-0.4, -0.2) is 13.1 Å². The van der Waals surface area contributed by atoms with Crippen molar-refractivity contribution < 1.29 is 9.53 Å². The highest BCUT2D eigenvalue weighted by molar-refractivity contribution is 5.81. The SMILES string of the molecule is C=C(C)CC(C=CC(=O)OC)CC=CC. The van der Waals surface area contributed by atoms with Gasteiger partial charge in [0.15, 0.2) is 0 Å². The minimum absolute atomic E-state index is 0.304. The number of carbonyl (C=O) groups is 1. The van der Waals surface area contributed by atoms with Gasteiger partial charge in [0, 0.05) is 6.08 Å². The maximum absolute atomic E-state index is 10.9. The second kappa shape index (κ2) is 8.04. The molecule has 0 heterocycles. The van der Waals surface area contributed by atoms with Gasteiger partial charge in [-0.3, -0.25) is 0 Å². The van der Waals surface area contributed by atoms with Crippen molar-refractivity contribution in [2.75, 3.05) is 7.11 Å². The fourth-order valence-electron chi connectivity index (χ4n) is 1.27. The summed E-state index contributed by atoms with van der Waals surface area (Å²) in [6, 6.07) is 0. The van der Waals surface area contributed by atoms with Gasteiger partial charge < -0.3 is 4.74 Å². The van der Waals surface area contributed by atoms with E-state index >= 15 is 0 Å². The molecule has 0 bridgehead atoms. The van der Waals surface area contributed by atoms with Crippen molar-refractivity contribution in [1.82, 2.24) is 0 Å². The van der Waals surface area contributed by atoms with Crippen LogP contribution in [0.1, 0.15) is 26.7 Å². The summed E-state index contributed by atoms with van der Waals surface area (Å²) in [7, 11) is 1.38. The molecule has 0 saturated carbocycles. The van der Waals surface area contributed by atoms with Gasteiger partial charge in [0.05, 0.1) is 7.11 Å². The zero-order valence-electron chi connectivity index (χ0n) is 9.82. The molecular weight excluding hydrogens is 188 g/mol. The van der Waals surface area contributed by atoms with Crippen LogP contribution in [0.3, 0.4) is 0 Å². The molecule has 15 heavy (non-hydrogen) atoms. The first-order valence-electron chi connectivity index (χ1n) is 5.11. The molecule has 0 radical (unpaired) electrons. The maximum Gasteiger partial charge on any atom is 0.330 e. The monoisotopic (exact) mass is 208 g/mol. The molecule has 0 aliphatic heterocycles. The quantitative estimate of drug-likeness (QED) is 0.380. The number of hydrogen-bond acceptors (Lipinski definition) is 2. The summed E-state index contributed by atoms with van der Waals surface area (Å²) < 4.78 is 4.54. The van der Waals surface area contributed by atoms with E-state index in [4.69, 9.17) is 0 Å². The number of carbonyl (C=O) groups excluding carboxylic acids is 1. The number of esters is 1. The summed E-state index contributed by atoms with van der Waals surface area (Å²) in [5.74, 6) is 0.0278. The lowest BCUT2D eigenvalue weighted by Gasteiger charge is -2.09. The summed E-state index contributed by atoms with van der Waals surface area (Å²) in [6.45, 7) is 7.86. The van der Waals surface area contributed by atoms with E-state index in [1.807, 2.05) is 26.0 Å². The highest BCUT2D eigenvalue weighted by atomic mass is 16.5. The van der Waals surface area contributed by atoms with Gasteiger partial charge >= 0.3 is 5.97 Å². The van der Waals surface area contributed by atoms with Crippen LogP contribution in [0.15, 0.2) is 36.5 Å². The smallest absolute Gasteiger partial charge is 0.330 e. The predicted molar refractivity (Wildman–Crippen MR) is 63.5 cm³/mol. The van der Waals surface area contributed by atoms with Crippen molar-refractivity contribution in [1.29, 1.82) is 0 Å². The molecule has 0 fully saturated rings. The Kier molecular flexibility index (Phi) is 7.33. The van der Waals surface area contributed by atoms with Crippen molar-refractivity contribution in [3.05, 3.63) is 36.5 Å². The lowest BCUT2D eigenvalue weighted by atomic mass is 9.97. The van der Waals surface area contributed by atoms with Gasteiger partial charge in [-0.15, -0.1) is 6.58 Å². The van der Waals surface area contributed by atoms with Crippen LogP contribution in [-0.2, 0) is 9.53 Å². The molecule has 0 spiro atoms. The van der Waals surface area contributed by atoms with E-state index in [1.54, 1.807) is 0 Å². The Hall–Kier alpha value is -1.31. The Morgan fingerprint density at radius 1 is 1.53 bits per heavy atom. The summed E-state index contributed by atoms with van der Waals surface area (Å²) in [5.41, 5.74) is 1.12. The predicted octanol–water partition coefficient (Wildman–Crippen LogP) is 3.26. The summed E-state index contributed by atoms with van der Waals surface area (Å²) >= 11 is 0. The fraction of sp³-hybridized carbons (Fsp3) is 0.462. The molecule has 1 unspecified atom stereocenters. The molecule has 1 atom stereocenters. The van der Waals surface area contributed by atoms with Gasteiger partial charge in [-0.1, -0.05) is 23.8 Å². The first-order valence-corrected chi connectivity index (χ1v) is 5.11. The van der Waals surface area contributed by atoms with E-state index in [2.05, 4.69) is 17.4 Å². The van der Waals surface area contributed by atoms with Gasteiger partial charge in [-0.2, -0.15) is 0 Å². The van der Waals surface area contributed by atoms with Crippen LogP contribution < -0.4 is 0 Å². The number of rotatable bonds is 6.